The lowest BCUT2D eigenvalue weighted by atomic mass is 10.1. The van der Waals surface area contributed by atoms with E-state index < -0.39 is 0 Å². The highest BCUT2D eigenvalue weighted by Crippen LogP contribution is 2.30. The van der Waals surface area contributed by atoms with E-state index in [1.54, 1.807) is 11.3 Å². The SMILES string of the molecule is CCCOc1ccc(-c2csc3nc(C)c(CC#N)n23)cc1. The largest absolute Gasteiger partial charge is 0.494 e. The molecule has 22 heavy (non-hydrogen) atoms. The van der Waals surface area contributed by atoms with E-state index in [-0.39, 0.29) is 0 Å². The number of nitrogens with zero attached hydrogens (tertiary/aromatic N) is 3. The molecule has 0 spiro atoms. The van der Waals surface area contributed by atoms with Gasteiger partial charge in [-0.3, -0.25) is 4.40 Å². The van der Waals surface area contributed by atoms with Gasteiger partial charge in [0.25, 0.3) is 0 Å². The molecule has 0 unspecified atom stereocenters. The minimum atomic E-state index is 0.369. The van der Waals surface area contributed by atoms with E-state index in [1.807, 2.05) is 19.1 Å². The number of hydrogen-bond acceptors (Lipinski definition) is 4. The number of benzene rings is 1. The van der Waals surface area contributed by atoms with Gasteiger partial charge in [0.15, 0.2) is 4.96 Å². The molecule has 112 valence electrons. The van der Waals surface area contributed by atoms with Gasteiger partial charge in [-0.2, -0.15) is 5.26 Å². The molecule has 0 fully saturated rings. The summed E-state index contributed by atoms with van der Waals surface area (Å²) < 4.78 is 7.71. The van der Waals surface area contributed by atoms with Crippen LogP contribution in [0.15, 0.2) is 29.6 Å². The maximum atomic E-state index is 9.04. The molecule has 3 aromatic rings. The van der Waals surface area contributed by atoms with Gasteiger partial charge in [-0.05, 0) is 43.2 Å². The summed E-state index contributed by atoms with van der Waals surface area (Å²) in [6.07, 6.45) is 1.37. The van der Waals surface area contributed by atoms with Crippen LogP contribution in [-0.4, -0.2) is 16.0 Å². The molecule has 2 heterocycles. The molecular weight excluding hydrogens is 294 g/mol. The molecule has 2 aromatic heterocycles. The van der Waals surface area contributed by atoms with Gasteiger partial charge in [0.1, 0.15) is 5.75 Å². The minimum absolute atomic E-state index is 0.369. The molecule has 4 nitrogen and oxygen atoms in total. The van der Waals surface area contributed by atoms with E-state index in [4.69, 9.17) is 10.00 Å². The van der Waals surface area contributed by atoms with Crippen LogP contribution in [0.2, 0.25) is 0 Å². The highest BCUT2D eigenvalue weighted by molar-refractivity contribution is 7.15. The van der Waals surface area contributed by atoms with E-state index in [2.05, 4.69) is 39.9 Å². The third-order valence-corrected chi connectivity index (χ3v) is 4.35. The second-order valence-electron chi connectivity index (χ2n) is 5.09. The molecular formula is C17H17N3OS. The van der Waals surface area contributed by atoms with Crippen LogP contribution in [0.5, 0.6) is 5.75 Å². The number of nitriles is 1. The van der Waals surface area contributed by atoms with Crippen molar-refractivity contribution in [3.8, 4) is 23.1 Å². The quantitative estimate of drug-likeness (QED) is 0.708. The zero-order valence-corrected chi connectivity index (χ0v) is 13.5. The average molecular weight is 311 g/mol. The van der Waals surface area contributed by atoms with Crippen molar-refractivity contribution in [2.24, 2.45) is 0 Å². The van der Waals surface area contributed by atoms with Crippen LogP contribution < -0.4 is 4.74 Å². The highest BCUT2D eigenvalue weighted by atomic mass is 32.1. The minimum Gasteiger partial charge on any atom is -0.494 e. The fourth-order valence-corrected chi connectivity index (χ4v) is 3.41. The number of ether oxygens (including phenoxy) is 1. The van der Waals surface area contributed by atoms with Crippen molar-refractivity contribution in [3.05, 3.63) is 41.0 Å². The Labute approximate surface area is 133 Å². The molecule has 3 rings (SSSR count). The Morgan fingerprint density at radius 3 is 2.77 bits per heavy atom. The molecule has 0 radical (unpaired) electrons. The molecule has 0 aliphatic heterocycles. The second kappa shape index (κ2) is 6.20. The fraction of sp³-hybridized carbons (Fsp3) is 0.294. The predicted molar refractivity (Wildman–Crippen MR) is 88.3 cm³/mol. The van der Waals surface area contributed by atoms with Gasteiger partial charge in [-0.15, -0.1) is 11.3 Å². The maximum Gasteiger partial charge on any atom is 0.194 e. The lowest BCUT2D eigenvalue weighted by Crippen LogP contribution is -1.96. The Morgan fingerprint density at radius 1 is 1.32 bits per heavy atom. The van der Waals surface area contributed by atoms with Gasteiger partial charge in [-0.1, -0.05) is 6.92 Å². The first-order valence-electron chi connectivity index (χ1n) is 7.30. The Bertz CT molecular complexity index is 824. The van der Waals surface area contributed by atoms with Crippen molar-refractivity contribution in [1.29, 1.82) is 5.26 Å². The summed E-state index contributed by atoms with van der Waals surface area (Å²) in [5.41, 5.74) is 4.08. The zero-order valence-electron chi connectivity index (χ0n) is 12.7. The molecule has 0 saturated heterocycles. The van der Waals surface area contributed by atoms with Crippen molar-refractivity contribution >= 4 is 16.3 Å². The summed E-state index contributed by atoms with van der Waals surface area (Å²) in [6, 6.07) is 10.3. The number of fused-ring (bicyclic) bond motifs is 1. The van der Waals surface area contributed by atoms with Crippen molar-refractivity contribution in [2.75, 3.05) is 6.61 Å². The average Bonchev–Trinajstić information content (AvgIpc) is 3.06. The number of aromatic nitrogens is 2. The molecule has 1 aromatic carbocycles. The zero-order chi connectivity index (χ0) is 15.5. The normalized spacial score (nSPS) is 10.8. The number of hydrogen-bond donors (Lipinski definition) is 0. The van der Waals surface area contributed by atoms with Crippen LogP contribution in [0.4, 0.5) is 0 Å². The van der Waals surface area contributed by atoms with Crippen LogP contribution in [0.3, 0.4) is 0 Å². The second-order valence-corrected chi connectivity index (χ2v) is 5.93. The number of rotatable bonds is 5. The molecule has 0 atom stereocenters. The molecule has 0 aliphatic rings. The first-order chi connectivity index (χ1) is 10.7. The topological polar surface area (TPSA) is 50.3 Å². The van der Waals surface area contributed by atoms with Crippen molar-refractivity contribution in [1.82, 2.24) is 9.38 Å². The van der Waals surface area contributed by atoms with E-state index >= 15 is 0 Å². The van der Waals surface area contributed by atoms with E-state index in [9.17, 15) is 0 Å². The third kappa shape index (κ3) is 2.58. The maximum absolute atomic E-state index is 9.04. The predicted octanol–water partition coefficient (Wildman–Crippen LogP) is 4.23. The van der Waals surface area contributed by atoms with E-state index in [0.29, 0.717) is 6.42 Å². The van der Waals surface area contributed by atoms with Gasteiger partial charge < -0.3 is 4.74 Å². The van der Waals surface area contributed by atoms with Crippen LogP contribution in [0.1, 0.15) is 24.7 Å². The Morgan fingerprint density at radius 2 is 2.09 bits per heavy atom. The highest BCUT2D eigenvalue weighted by Gasteiger charge is 2.14. The lowest BCUT2D eigenvalue weighted by Gasteiger charge is -2.06. The van der Waals surface area contributed by atoms with Crippen LogP contribution in [0, 0.1) is 18.3 Å². The van der Waals surface area contributed by atoms with Gasteiger partial charge in [0.05, 0.1) is 36.2 Å². The Kier molecular flexibility index (Phi) is 4.12. The Hall–Kier alpha value is -2.32. The van der Waals surface area contributed by atoms with Crippen LogP contribution >= 0.6 is 11.3 Å². The standard InChI is InChI=1S/C17H17N3OS/c1-3-10-21-14-6-4-13(5-7-14)16-11-22-17-19-12(2)15(8-9-18)20(16)17/h4-7,11H,3,8,10H2,1-2H3. The fourth-order valence-electron chi connectivity index (χ4n) is 2.44. The molecule has 5 heteroatoms. The molecule has 0 amide bonds. The first kappa shape index (κ1) is 14.6. The van der Waals surface area contributed by atoms with E-state index in [0.717, 1.165) is 46.4 Å². The smallest absolute Gasteiger partial charge is 0.194 e. The molecule has 0 aliphatic carbocycles. The number of aryl methyl sites for hydroxylation is 1. The third-order valence-electron chi connectivity index (χ3n) is 3.53. The van der Waals surface area contributed by atoms with E-state index in [1.165, 1.54) is 0 Å². The van der Waals surface area contributed by atoms with Crippen LogP contribution in [-0.2, 0) is 6.42 Å². The van der Waals surface area contributed by atoms with Crippen molar-refractivity contribution in [3.63, 3.8) is 0 Å². The summed E-state index contributed by atoms with van der Waals surface area (Å²) in [4.78, 5) is 5.48. The van der Waals surface area contributed by atoms with Gasteiger partial charge in [-0.25, -0.2) is 4.98 Å². The Balaban J connectivity index is 2.01. The van der Waals surface area contributed by atoms with Crippen molar-refractivity contribution < 1.29 is 4.74 Å². The molecule has 0 bridgehead atoms. The lowest BCUT2D eigenvalue weighted by molar-refractivity contribution is 0.317. The summed E-state index contributed by atoms with van der Waals surface area (Å²) in [5, 5.41) is 11.1. The molecule has 0 N–H and O–H groups in total. The van der Waals surface area contributed by atoms with Gasteiger partial charge >= 0.3 is 0 Å². The van der Waals surface area contributed by atoms with Gasteiger partial charge in [0, 0.05) is 5.38 Å². The first-order valence-corrected chi connectivity index (χ1v) is 8.18. The van der Waals surface area contributed by atoms with Crippen molar-refractivity contribution in [2.45, 2.75) is 26.7 Å². The summed E-state index contributed by atoms with van der Waals surface area (Å²) >= 11 is 1.60. The van der Waals surface area contributed by atoms with Gasteiger partial charge in [0.2, 0.25) is 0 Å². The summed E-state index contributed by atoms with van der Waals surface area (Å²) in [6.45, 7) is 4.78. The summed E-state index contributed by atoms with van der Waals surface area (Å²) in [5.74, 6) is 0.885. The molecule has 0 saturated carbocycles. The number of imidazole rings is 1. The monoisotopic (exact) mass is 311 g/mol. The number of thiazole rings is 1. The van der Waals surface area contributed by atoms with Crippen LogP contribution in [0.25, 0.3) is 16.2 Å². The summed E-state index contributed by atoms with van der Waals surface area (Å²) in [7, 11) is 0.